The third-order valence-corrected chi connectivity index (χ3v) is 6.33. The van der Waals surface area contributed by atoms with Crippen molar-refractivity contribution in [2.24, 2.45) is 5.92 Å². The van der Waals surface area contributed by atoms with Crippen LogP contribution in [0.3, 0.4) is 0 Å². The van der Waals surface area contributed by atoms with E-state index < -0.39 is 46.9 Å². The van der Waals surface area contributed by atoms with Crippen molar-refractivity contribution in [1.82, 2.24) is 24.3 Å². The normalized spacial score (nSPS) is 18.6. The van der Waals surface area contributed by atoms with Gasteiger partial charge in [-0.05, 0) is 24.3 Å². The number of imidazole rings is 1. The monoisotopic (exact) mass is 501 g/mol. The van der Waals surface area contributed by atoms with E-state index in [2.05, 4.69) is 25.1 Å². The zero-order valence-corrected chi connectivity index (χ0v) is 19.2. The summed E-state index contributed by atoms with van der Waals surface area (Å²) in [6, 6.07) is 5.95. The number of alkyl halides is 4. The molecule has 0 spiro atoms. The molecule has 4 rings (SSSR count). The van der Waals surface area contributed by atoms with E-state index in [4.69, 9.17) is 0 Å². The van der Waals surface area contributed by atoms with Gasteiger partial charge in [-0.1, -0.05) is 0 Å². The standard InChI is InChI=1S/C20H23F4N7O2S/c1-25-16-7-12(15-10-26-17-4-3-14(19(21)22)29-31(15)17)8-18(28-16)30-6-5-20(23,24)13(11-30)9-27-34(2,32)33/h3-4,7-8,10,13,19,27H,5-6,9,11H2,1-2H3,(H,25,28). The fourth-order valence-electron chi connectivity index (χ4n) is 3.81. The third kappa shape index (κ3) is 5.06. The van der Waals surface area contributed by atoms with Crippen LogP contribution in [-0.2, 0) is 10.0 Å². The second kappa shape index (κ2) is 8.98. The minimum absolute atomic E-state index is 0.00289. The summed E-state index contributed by atoms with van der Waals surface area (Å²) in [5.74, 6) is -3.50. The van der Waals surface area contributed by atoms with Gasteiger partial charge in [0.15, 0.2) is 5.65 Å². The lowest BCUT2D eigenvalue weighted by atomic mass is 9.93. The number of aromatic nitrogens is 4. The molecule has 3 aromatic rings. The molecule has 1 aliphatic rings. The lowest BCUT2D eigenvalue weighted by molar-refractivity contribution is -0.0695. The summed E-state index contributed by atoms with van der Waals surface area (Å²) in [7, 11) is -1.99. The highest BCUT2D eigenvalue weighted by Gasteiger charge is 2.44. The number of hydrogen-bond donors (Lipinski definition) is 2. The van der Waals surface area contributed by atoms with Crippen LogP contribution in [0.2, 0.25) is 0 Å². The number of halogens is 4. The molecule has 0 radical (unpaired) electrons. The van der Waals surface area contributed by atoms with Gasteiger partial charge in [-0.3, -0.25) is 0 Å². The lowest BCUT2D eigenvalue weighted by Crippen LogP contribution is -2.51. The molecule has 4 heterocycles. The van der Waals surface area contributed by atoms with E-state index in [-0.39, 0.29) is 13.1 Å². The number of hydrogen-bond acceptors (Lipinski definition) is 7. The largest absolute Gasteiger partial charge is 0.373 e. The highest BCUT2D eigenvalue weighted by Crippen LogP contribution is 2.36. The van der Waals surface area contributed by atoms with E-state index in [1.807, 2.05) is 0 Å². The molecule has 0 amide bonds. The second-order valence-corrected chi connectivity index (χ2v) is 9.93. The number of piperidine rings is 1. The SMILES string of the molecule is CNc1cc(-c2cnc3ccc(C(F)F)nn23)cc(N2CCC(F)(F)C(CNS(C)(=O)=O)C2)n1. The summed E-state index contributed by atoms with van der Waals surface area (Å²) in [5, 5.41) is 6.88. The maximum atomic E-state index is 14.5. The van der Waals surface area contributed by atoms with Crippen LogP contribution in [0, 0.1) is 5.92 Å². The molecule has 0 saturated carbocycles. The highest BCUT2D eigenvalue weighted by molar-refractivity contribution is 7.88. The first-order valence-corrected chi connectivity index (χ1v) is 12.3. The average molecular weight is 502 g/mol. The Bertz CT molecular complexity index is 1300. The summed E-state index contributed by atoms with van der Waals surface area (Å²) in [6.45, 7) is -0.534. The minimum atomic E-state index is -3.63. The molecule has 0 bridgehead atoms. The van der Waals surface area contributed by atoms with Crippen LogP contribution in [0.25, 0.3) is 16.9 Å². The predicted octanol–water partition coefficient (Wildman–Crippen LogP) is 2.78. The maximum absolute atomic E-state index is 14.5. The first-order chi connectivity index (χ1) is 16.0. The summed E-state index contributed by atoms with van der Waals surface area (Å²) < 4.78 is 81.6. The average Bonchev–Trinajstić information content (AvgIpc) is 3.20. The Morgan fingerprint density at radius 1 is 1.26 bits per heavy atom. The first kappa shape index (κ1) is 24.1. The first-order valence-electron chi connectivity index (χ1n) is 10.4. The van der Waals surface area contributed by atoms with E-state index >= 15 is 0 Å². The van der Waals surface area contributed by atoms with Gasteiger partial charge in [0.25, 0.3) is 12.3 Å². The molecule has 1 unspecified atom stereocenters. The van der Waals surface area contributed by atoms with Crippen LogP contribution in [0.4, 0.5) is 29.2 Å². The topological polar surface area (TPSA) is 105 Å². The van der Waals surface area contributed by atoms with Crippen molar-refractivity contribution in [3.05, 3.63) is 36.2 Å². The second-order valence-electron chi connectivity index (χ2n) is 8.10. The molecule has 1 aliphatic heterocycles. The zero-order chi connectivity index (χ0) is 24.7. The Morgan fingerprint density at radius 2 is 2.03 bits per heavy atom. The molecular weight excluding hydrogens is 478 g/mol. The van der Waals surface area contributed by atoms with Crippen molar-refractivity contribution < 1.29 is 26.0 Å². The van der Waals surface area contributed by atoms with Gasteiger partial charge in [-0.25, -0.2) is 45.2 Å². The van der Waals surface area contributed by atoms with Crippen LogP contribution in [0.1, 0.15) is 18.5 Å². The predicted molar refractivity (Wildman–Crippen MR) is 119 cm³/mol. The number of nitrogens with one attached hydrogen (secondary N) is 2. The molecule has 1 atom stereocenters. The molecule has 0 aromatic carbocycles. The Morgan fingerprint density at radius 3 is 2.71 bits per heavy atom. The molecule has 1 saturated heterocycles. The van der Waals surface area contributed by atoms with Gasteiger partial charge in [0.05, 0.1) is 24.1 Å². The zero-order valence-electron chi connectivity index (χ0n) is 18.3. The van der Waals surface area contributed by atoms with Crippen LogP contribution in [-0.4, -0.2) is 66.9 Å². The van der Waals surface area contributed by atoms with E-state index in [9.17, 15) is 26.0 Å². The minimum Gasteiger partial charge on any atom is -0.373 e. The number of sulfonamides is 1. The van der Waals surface area contributed by atoms with Crippen molar-refractivity contribution in [2.75, 3.05) is 43.2 Å². The number of rotatable bonds is 7. The molecule has 3 aromatic heterocycles. The fraction of sp³-hybridized carbons (Fsp3) is 0.450. The van der Waals surface area contributed by atoms with Crippen molar-refractivity contribution in [2.45, 2.75) is 18.8 Å². The molecule has 34 heavy (non-hydrogen) atoms. The van der Waals surface area contributed by atoms with Crippen molar-refractivity contribution >= 4 is 27.3 Å². The van der Waals surface area contributed by atoms with Gasteiger partial charge in [0.1, 0.15) is 17.3 Å². The van der Waals surface area contributed by atoms with Gasteiger partial charge in [-0.15, -0.1) is 0 Å². The third-order valence-electron chi connectivity index (χ3n) is 5.64. The quantitative estimate of drug-likeness (QED) is 0.480. The van der Waals surface area contributed by atoms with Crippen molar-refractivity contribution in [1.29, 1.82) is 0 Å². The van der Waals surface area contributed by atoms with Crippen molar-refractivity contribution in [3.8, 4) is 11.3 Å². The Hall–Kier alpha value is -3.00. The number of fused-ring (bicyclic) bond motifs is 1. The number of nitrogens with zero attached hydrogens (tertiary/aromatic N) is 5. The van der Waals surface area contributed by atoms with Crippen LogP contribution in [0.15, 0.2) is 30.5 Å². The Balaban J connectivity index is 1.69. The summed E-state index contributed by atoms with van der Waals surface area (Å²) >= 11 is 0. The molecule has 1 fully saturated rings. The van der Waals surface area contributed by atoms with Crippen LogP contribution in [0.5, 0.6) is 0 Å². The molecule has 14 heteroatoms. The number of anilines is 2. The van der Waals surface area contributed by atoms with Gasteiger partial charge < -0.3 is 10.2 Å². The van der Waals surface area contributed by atoms with Crippen LogP contribution < -0.4 is 14.9 Å². The lowest BCUT2D eigenvalue weighted by Gasteiger charge is -2.39. The van der Waals surface area contributed by atoms with Gasteiger partial charge in [0.2, 0.25) is 10.0 Å². The van der Waals surface area contributed by atoms with Gasteiger partial charge in [0, 0.05) is 38.7 Å². The van der Waals surface area contributed by atoms with Crippen molar-refractivity contribution in [3.63, 3.8) is 0 Å². The van der Waals surface area contributed by atoms with E-state index in [0.717, 1.165) is 6.26 Å². The fourth-order valence-corrected chi connectivity index (χ4v) is 4.31. The van der Waals surface area contributed by atoms with E-state index in [1.54, 1.807) is 24.1 Å². The van der Waals surface area contributed by atoms with Gasteiger partial charge >= 0.3 is 0 Å². The number of pyridine rings is 1. The molecule has 9 nitrogen and oxygen atoms in total. The van der Waals surface area contributed by atoms with Crippen LogP contribution >= 0.6 is 0 Å². The Kier molecular flexibility index (Phi) is 6.38. The molecule has 2 N–H and O–H groups in total. The van der Waals surface area contributed by atoms with Gasteiger partial charge in [-0.2, -0.15) is 5.10 Å². The molecule has 184 valence electrons. The van der Waals surface area contributed by atoms with E-state index in [1.165, 1.54) is 22.8 Å². The highest BCUT2D eigenvalue weighted by atomic mass is 32.2. The summed E-state index contributed by atoms with van der Waals surface area (Å²) in [6.07, 6.45) is -0.828. The molecular formula is C20H23F4N7O2S. The molecule has 0 aliphatic carbocycles. The maximum Gasteiger partial charge on any atom is 0.282 e. The smallest absolute Gasteiger partial charge is 0.282 e. The summed E-state index contributed by atoms with van der Waals surface area (Å²) in [5.41, 5.74) is 0.932. The Labute approximate surface area is 193 Å². The van der Waals surface area contributed by atoms with E-state index in [0.29, 0.717) is 28.5 Å². The summed E-state index contributed by atoms with van der Waals surface area (Å²) in [4.78, 5) is 10.3.